The molecule has 0 radical (unpaired) electrons. The zero-order valence-electron chi connectivity index (χ0n) is 10.6. The lowest BCUT2D eigenvalue weighted by Gasteiger charge is -2.39. The number of ether oxygens (including phenoxy) is 1. The van der Waals surface area contributed by atoms with Crippen LogP contribution in [0.5, 0.6) is 0 Å². The fraction of sp³-hybridized carbons (Fsp3) is 1.00. The molecule has 0 aromatic heterocycles. The van der Waals surface area contributed by atoms with E-state index >= 15 is 0 Å². The lowest BCUT2D eigenvalue weighted by atomic mass is 10.0. The first-order valence-electron chi connectivity index (χ1n) is 6.21. The zero-order chi connectivity index (χ0) is 11.3. The molecule has 0 aromatic carbocycles. The van der Waals surface area contributed by atoms with Crippen LogP contribution in [-0.2, 0) is 4.74 Å². The number of nitrogens with one attached hydrogen (secondary N) is 1. The highest BCUT2D eigenvalue weighted by molar-refractivity contribution is 4.80. The lowest BCUT2D eigenvalue weighted by molar-refractivity contribution is -0.0406. The van der Waals surface area contributed by atoms with Crippen molar-refractivity contribution in [3.8, 4) is 0 Å². The van der Waals surface area contributed by atoms with E-state index in [2.05, 4.69) is 37.9 Å². The van der Waals surface area contributed by atoms with Crippen LogP contribution in [0.4, 0.5) is 0 Å². The van der Waals surface area contributed by atoms with Crippen LogP contribution in [-0.4, -0.2) is 49.8 Å². The molecule has 1 aliphatic rings. The summed E-state index contributed by atoms with van der Waals surface area (Å²) in [7, 11) is 0. The highest BCUT2D eigenvalue weighted by atomic mass is 16.5. The molecule has 3 heteroatoms. The third-order valence-electron chi connectivity index (χ3n) is 3.11. The predicted molar refractivity (Wildman–Crippen MR) is 64.2 cm³/mol. The largest absolute Gasteiger partial charge is 0.376 e. The van der Waals surface area contributed by atoms with E-state index in [0.717, 1.165) is 32.8 Å². The van der Waals surface area contributed by atoms with Gasteiger partial charge in [-0.05, 0) is 19.4 Å². The molecule has 0 bridgehead atoms. The van der Waals surface area contributed by atoms with E-state index in [0.29, 0.717) is 18.1 Å². The fourth-order valence-electron chi connectivity index (χ4n) is 2.23. The smallest absolute Gasteiger partial charge is 0.0674 e. The summed E-state index contributed by atoms with van der Waals surface area (Å²) in [4.78, 5) is 2.57. The molecule has 0 aromatic rings. The molecular formula is C12H26N2O. The van der Waals surface area contributed by atoms with Crippen molar-refractivity contribution in [2.45, 2.75) is 39.8 Å². The maximum atomic E-state index is 5.58. The first-order chi connectivity index (χ1) is 7.15. The Morgan fingerprint density at radius 2 is 2.20 bits per heavy atom. The predicted octanol–water partition coefficient (Wildman–Crippen LogP) is 1.34. The average Bonchev–Trinajstić information content (AvgIpc) is 2.18. The highest BCUT2D eigenvalue weighted by Gasteiger charge is 2.25. The van der Waals surface area contributed by atoms with Gasteiger partial charge in [-0.15, -0.1) is 0 Å². The van der Waals surface area contributed by atoms with Gasteiger partial charge in [-0.3, -0.25) is 4.90 Å². The molecule has 0 saturated carbocycles. The summed E-state index contributed by atoms with van der Waals surface area (Å²) in [6.45, 7) is 14.1. The molecule has 1 saturated heterocycles. The van der Waals surface area contributed by atoms with Gasteiger partial charge in [0.25, 0.3) is 0 Å². The molecule has 0 amide bonds. The SMILES string of the molecule is CCNCC(C(C)C)N1CCOC(C)C1. The third kappa shape index (κ3) is 4.09. The van der Waals surface area contributed by atoms with Gasteiger partial charge in [0.2, 0.25) is 0 Å². The second kappa shape index (κ2) is 6.46. The van der Waals surface area contributed by atoms with Crippen molar-refractivity contribution < 1.29 is 4.74 Å². The number of hydrogen-bond acceptors (Lipinski definition) is 3. The fourth-order valence-corrected chi connectivity index (χ4v) is 2.23. The van der Waals surface area contributed by atoms with Gasteiger partial charge < -0.3 is 10.1 Å². The Bertz CT molecular complexity index is 173. The molecule has 1 N–H and O–H groups in total. The van der Waals surface area contributed by atoms with Crippen LogP contribution in [0.3, 0.4) is 0 Å². The van der Waals surface area contributed by atoms with E-state index in [4.69, 9.17) is 4.74 Å². The van der Waals surface area contributed by atoms with Crippen molar-refractivity contribution in [1.82, 2.24) is 10.2 Å². The molecule has 15 heavy (non-hydrogen) atoms. The highest BCUT2D eigenvalue weighted by Crippen LogP contribution is 2.14. The number of hydrogen-bond donors (Lipinski definition) is 1. The minimum absolute atomic E-state index is 0.390. The van der Waals surface area contributed by atoms with Gasteiger partial charge in [0.1, 0.15) is 0 Å². The van der Waals surface area contributed by atoms with Crippen molar-refractivity contribution in [3.05, 3.63) is 0 Å². The quantitative estimate of drug-likeness (QED) is 0.747. The molecule has 2 atom stereocenters. The number of morpholine rings is 1. The van der Waals surface area contributed by atoms with E-state index in [1.807, 2.05) is 0 Å². The van der Waals surface area contributed by atoms with Crippen LogP contribution in [0.2, 0.25) is 0 Å². The van der Waals surface area contributed by atoms with Crippen LogP contribution >= 0.6 is 0 Å². The second-order valence-corrected chi connectivity index (χ2v) is 4.80. The summed E-state index contributed by atoms with van der Waals surface area (Å²) < 4.78 is 5.58. The second-order valence-electron chi connectivity index (χ2n) is 4.80. The molecule has 3 nitrogen and oxygen atoms in total. The normalized spacial score (nSPS) is 25.8. The molecule has 90 valence electrons. The number of nitrogens with zero attached hydrogens (tertiary/aromatic N) is 1. The van der Waals surface area contributed by atoms with E-state index in [1.165, 1.54) is 0 Å². The summed E-state index contributed by atoms with van der Waals surface area (Å²) >= 11 is 0. The Labute approximate surface area is 94.2 Å². The Balaban J connectivity index is 2.46. The van der Waals surface area contributed by atoms with E-state index < -0.39 is 0 Å². The molecule has 2 unspecified atom stereocenters. The summed E-state index contributed by atoms with van der Waals surface area (Å²) in [5.41, 5.74) is 0. The lowest BCUT2D eigenvalue weighted by Crippen LogP contribution is -2.52. The monoisotopic (exact) mass is 214 g/mol. The molecule has 0 aliphatic carbocycles. The van der Waals surface area contributed by atoms with E-state index in [1.54, 1.807) is 0 Å². The number of likely N-dealkylation sites (N-methyl/N-ethyl adjacent to an activating group) is 1. The average molecular weight is 214 g/mol. The third-order valence-corrected chi connectivity index (χ3v) is 3.11. The topological polar surface area (TPSA) is 24.5 Å². The first-order valence-corrected chi connectivity index (χ1v) is 6.21. The van der Waals surface area contributed by atoms with Crippen molar-refractivity contribution in [2.24, 2.45) is 5.92 Å². The van der Waals surface area contributed by atoms with Crippen molar-refractivity contribution in [3.63, 3.8) is 0 Å². The van der Waals surface area contributed by atoms with E-state index in [-0.39, 0.29) is 0 Å². The summed E-state index contributed by atoms with van der Waals surface area (Å²) in [5.74, 6) is 0.703. The van der Waals surface area contributed by atoms with Gasteiger partial charge in [0, 0.05) is 25.7 Å². The summed E-state index contributed by atoms with van der Waals surface area (Å²) in [6, 6.07) is 0.649. The van der Waals surface area contributed by atoms with Crippen LogP contribution in [0, 0.1) is 5.92 Å². The molecule has 1 rings (SSSR count). The van der Waals surface area contributed by atoms with Crippen LogP contribution in [0.15, 0.2) is 0 Å². The summed E-state index contributed by atoms with van der Waals surface area (Å²) in [5, 5.41) is 3.46. The van der Waals surface area contributed by atoms with E-state index in [9.17, 15) is 0 Å². The van der Waals surface area contributed by atoms with Gasteiger partial charge in [0.15, 0.2) is 0 Å². The summed E-state index contributed by atoms with van der Waals surface area (Å²) in [6.07, 6.45) is 0.390. The Hall–Kier alpha value is -0.120. The van der Waals surface area contributed by atoms with Crippen LogP contribution in [0.25, 0.3) is 0 Å². The minimum Gasteiger partial charge on any atom is -0.376 e. The molecule has 1 fully saturated rings. The Kier molecular flexibility index (Phi) is 5.58. The van der Waals surface area contributed by atoms with Crippen molar-refractivity contribution in [1.29, 1.82) is 0 Å². The molecule has 1 aliphatic heterocycles. The zero-order valence-corrected chi connectivity index (χ0v) is 10.6. The van der Waals surface area contributed by atoms with Gasteiger partial charge in [-0.2, -0.15) is 0 Å². The van der Waals surface area contributed by atoms with Gasteiger partial charge in [0.05, 0.1) is 12.7 Å². The van der Waals surface area contributed by atoms with Crippen molar-refractivity contribution >= 4 is 0 Å². The van der Waals surface area contributed by atoms with Gasteiger partial charge >= 0.3 is 0 Å². The standard InChI is InChI=1S/C12H26N2O/c1-5-13-8-12(10(2)3)14-6-7-15-11(4)9-14/h10-13H,5-9H2,1-4H3. The van der Waals surface area contributed by atoms with Crippen LogP contribution < -0.4 is 5.32 Å². The first kappa shape index (κ1) is 12.9. The molecule has 1 heterocycles. The van der Waals surface area contributed by atoms with Gasteiger partial charge in [-0.25, -0.2) is 0 Å². The maximum Gasteiger partial charge on any atom is 0.0674 e. The Morgan fingerprint density at radius 1 is 1.47 bits per heavy atom. The maximum absolute atomic E-state index is 5.58. The van der Waals surface area contributed by atoms with Gasteiger partial charge in [-0.1, -0.05) is 20.8 Å². The number of rotatable bonds is 5. The van der Waals surface area contributed by atoms with Crippen LogP contribution in [0.1, 0.15) is 27.7 Å². The molecular weight excluding hydrogens is 188 g/mol. The van der Waals surface area contributed by atoms with Crippen molar-refractivity contribution in [2.75, 3.05) is 32.8 Å². The minimum atomic E-state index is 0.390. The molecule has 0 spiro atoms. The Morgan fingerprint density at radius 3 is 2.73 bits per heavy atom.